The number of aromatic carboxylic acids is 1. The fraction of sp³-hybridized carbons (Fsp3) is 0.133. The molecule has 0 aliphatic heterocycles. The van der Waals surface area contributed by atoms with Crippen molar-refractivity contribution in [2.24, 2.45) is 0 Å². The molecule has 0 spiro atoms. The first kappa shape index (κ1) is 14.3. The summed E-state index contributed by atoms with van der Waals surface area (Å²) in [5.74, 6) is -1.16. The van der Waals surface area contributed by atoms with Gasteiger partial charge in [0.05, 0.1) is 5.56 Å². The third-order valence-corrected chi connectivity index (χ3v) is 3.06. The van der Waals surface area contributed by atoms with E-state index in [1.165, 1.54) is 12.1 Å². The minimum atomic E-state index is -1.16. The summed E-state index contributed by atoms with van der Waals surface area (Å²) in [6.45, 7) is 1.86. The van der Waals surface area contributed by atoms with Crippen LogP contribution < -0.4 is 4.74 Å². The van der Waals surface area contributed by atoms with Crippen LogP contribution in [0.15, 0.2) is 36.4 Å². The molecule has 0 fully saturated rings. The van der Waals surface area contributed by atoms with Gasteiger partial charge in [-0.2, -0.15) is 0 Å². The molecule has 1 N–H and O–H groups in total. The zero-order chi connectivity index (χ0) is 14.7. The van der Waals surface area contributed by atoms with Crippen LogP contribution in [0.2, 0.25) is 5.02 Å². The summed E-state index contributed by atoms with van der Waals surface area (Å²) in [6.07, 6.45) is 0. The maximum absolute atomic E-state index is 13.7. The van der Waals surface area contributed by atoms with Crippen LogP contribution in [0, 0.1) is 12.7 Å². The number of benzene rings is 2. The van der Waals surface area contributed by atoms with Gasteiger partial charge in [0.2, 0.25) is 0 Å². The average Bonchev–Trinajstić information content (AvgIpc) is 2.38. The molecule has 0 atom stereocenters. The van der Waals surface area contributed by atoms with E-state index < -0.39 is 11.8 Å². The van der Waals surface area contributed by atoms with E-state index in [4.69, 9.17) is 21.4 Å². The molecule has 0 aliphatic rings. The van der Waals surface area contributed by atoms with E-state index in [2.05, 4.69) is 0 Å². The van der Waals surface area contributed by atoms with Crippen molar-refractivity contribution in [3.8, 4) is 5.75 Å². The number of aryl methyl sites for hydroxylation is 1. The van der Waals surface area contributed by atoms with E-state index in [0.717, 1.165) is 11.6 Å². The third kappa shape index (κ3) is 3.27. The van der Waals surface area contributed by atoms with Crippen molar-refractivity contribution >= 4 is 17.6 Å². The maximum atomic E-state index is 13.7. The van der Waals surface area contributed by atoms with E-state index in [9.17, 15) is 9.18 Å². The highest BCUT2D eigenvalue weighted by atomic mass is 35.5. The first-order valence-electron chi connectivity index (χ1n) is 5.88. The highest BCUT2D eigenvalue weighted by molar-refractivity contribution is 6.30. The summed E-state index contributed by atoms with van der Waals surface area (Å²) in [5, 5.41) is 9.36. The number of rotatable bonds is 4. The Kier molecular flexibility index (Phi) is 4.25. The second kappa shape index (κ2) is 5.92. The molecule has 2 rings (SSSR count). The normalized spacial score (nSPS) is 10.3. The predicted octanol–water partition coefficient (Wildman–Crippen LogP) is 4.06. The van der Waals surface area contributed by atoms with Crippen molar-refractivity contribution < 1.29 is 19.0 Å². The van der Waals surface area contributed by atoms with Gasteiger partial charge in [0.25, 0.3) is 0 Å². The molecule has 2 aromatic rings. The van der Waals surface area contributed by atoms with Crippen LogP contribution in [0.4, 0.5) is 4.39 Å². The Hall–Kier alpha value is -2.07. The van der Waals surface area contributed by atoms with Gasteiger partial charge in [-0.05, 0) is 42.8 Å². The fourth-order valence-corrected chi connectivity index (χ4v) is 1.95. The summed E-state index contributed by atoms with van der Waals surface area (Å²) >= 11 is 5.84. The molecule has 0 bridgehead atoms. The van der Waals surface area contributed by atoms with Gasteiger partial charge in [-0.1, -0.05) is 17.7 Å². The van der Waals surface area contributed by atoms with Crippen molar-refractivity contribution in [2.45, 2.75) is 13.5 Å². The Morgan fingerprint density at radius 3 is 2.65 bits per heavy atom. The SMILES string of the molecule is Cc1cc(Cl)ccc1OCc1ccc(C(=O)O)cc1F. The van der Waals surface area contributed by atoms with E-state index in [1.807, 2.05) is 6.92 Å². The van der Waals surface area contributed by atoms with Crippen LogP contribution in [0.3, 0.4) is 0 Å². The molecule has 0 aromatic heterocycles. The van der Waals surface area contributed by atoms with Crippen LogP contribution in [0.5, 0.6) is 5.75 Å². The maximum Gasteiger partial charge on any atom is 0.335 e. The molecule has 0 unspecified atom stereocenters. The lowest BCUT2D eigenvalue weighted by Gasteiger charge is -2.10. The molecule has 104 valence electrons. The quantitative estimate of drug-likeness (QED) is 0.925. The summed E-state index contributed by atoms with van der Waals surface area (Å²) in [6, 6.07) is 8.88. The predicted molar refractivity (Wildman–Crippen MR) is 73.9 cm³/mol. The van der Waals surface area contributed by atoms with Gasteiger partial charge in [0, 0.05) is 10.6 Å². The molecule has 3 nitrogen and oxygen atoms in total. The highest BCUT2D eigenvalue weighted by Gasteiger charge is 2.09. The molecule has 20 heavy (non-hydrogen) atoms. The molecule has 0 heterocycles. The van der Waals surface area contributed by atoms with Gasteiger partial charge in [-0.3, -0.25) is 0 Å². The molecule has 0 saturated carbocycles. The Morgan fingerprint density at radius 1 is 1.30 bits per heavy atom. The monoisotopic (exact) mass is 294 g/mol. The number of hydrogen-bond donors (Lipinski definition) is 1. The number of halogens is 2. The van der Waals surface area contributed by atoms with E-state index >= 15 is 0 Å². The number of carboxylic acid groups (broad SMARTS) is 1. The van der Waals surface area contributed by atoms with Crippen molar-refractivity contribution in [1.29, 1.82) is 0 Å². The third-order valence-electron chi connectivity index (χ3n) is 2.82. The van der Waals surface area contributed by atoms with Gasteiger partial charge in [-0.15, -0.1) is 0 Å². The second-order valence-corrected chi connectivity index (χ2v) is 4.75. The summed E-state index contributed by atoms with van der Waals surface area (Å²) < 4.78 is 19.2. The number of ether oxygens (including phenoxy) is 1. The van der Waals surface area contributed by atoms with Crippen LogP contribution >= 0.6 is 11.6 Å². The highest BCUT2D eigenvalue weighted by Crippen LogP contribution is 2.23. The van der Waals surface area contributed by atoms with Crippen LogP contribution in [-0.2, 0) is 6.61 Å². The van der Waals surface area contributed by atoms with Crippen molar-refractivity contribution in [3.63, 3.8) is 0 Å². The number of carbonyl (C=O) groups is 1. The zero-order valence-corrected chi connectivity index (χ0v) is 11.4. The number of carboxylic acids is 1. The van der Waals surface area contributed by atoms with Gasteiger partial charge >= 0.3 is 5.97 Å². The van der Waals surface area contributed by atoms with Gasteiger partial charge in [-0.25, -0.2) is 9.18 Å². The van der Waals surface area contributed by atoms with E-state index in [-0.39, 0.29) is 12.2 Å². The standard InChI is InChI=1S/C15H12ClFO3/c1-9-6-12(16)4-5-14(9)20-8-11-3-2-10(15(18)19)7-13(11)17/h2-7H,8H2,1H3,(H,18,19). The number of hydrogen-bond acceptors (Lipinski definition) is 2. The fourth-order valence-electron chi connectivity index (χ4n) is 1.73. The Bertz CT molecular complexity index is 656. The Balaban J connectivity index is 2.13. The van der Waals surface area contributed by atoms with E-state index in [1.54, 1.807) is 18.2 Å². The first-order chi connectivity index (χ1) is 9.47. The van der Waals surface area contributed by atoms with Crippen LogP contribution in [0.25, 0.3) is 0 Å². The van der Waals surface area contributed by atoms with Gasteiger partial charge in [0.1, 0.15) is 18.2 Å². The Labute approximate surface area is 120 Å². The molecule has 0 amide bonds. The lowest BCUT2D eigenvalue weighted by Crippen LogP contribution is -2.03. The lowest BCUT2D eigenvalue weighted by atomic mass is 10.1. The molecule has 5 heteroatoms. The largest absolute Gasteiger partial charge is 0.489 e. The van der Waals surface area contributed by atoms with Crippen molar-refractivity contribution in [3.05, 3.63) is 63.9 Å². The topological polar surface area (TPSA) is 46.5 Å². The first-order valence-corrected chi connectivity index (χ1v) is 6.26. The minimum absolute atomic E-state index is 0.0220. The average molecular weight is 295 g/mol. The summed E-state index contributed by atoms with van der Waals surface area (Å²) in [4.78, 5) is 10.7. The van der Waals surface area contributed by atoms with Crippen molar-refractivity contribution in [1.82, 2.24) is 0 Å². The molecule has 0 aliphatic carbocycles. The smallest absolute Gasteiger partial charge is 0.335 e. The molecule has 0 radical (unpaired) electrons. The molecular formula is C15H12ClFO3. The molecule has 0 saturated heterocycles. The zero-order valence-electron chi connectivity index (χ0n) is 10.7. The van der Waals surface area contributed by atoms with Gasteiger partial charge < -0.3 is 9.84 Å². The van der Waals surface area contributed by atoms with Crippen molar-refractivity contribution in [2.75, 3.05) is 0 Å². The lowest BCUT2D eigenvalue weighted by molar-refractivity contribution is 0.0696. The summed E-state index contributed by atoms with van der Waals surface area (Å²) in [7, 11) is 0. The van der Waals surface area contributed by atoms with Crippen LogP contribution in [-0.4, -0.2) is 11.1 Å². The van der Waals surface area contributed by atoms with Gasteiger partial charge in [0.15, 0.2) is 0 Å². The summed E-state index contributed by atoms with van der Waals surface area (Å²) in [5.41, 5.74) is 1.05. The Morgan fingerprint density at radius 2 is 2.05 bits per heavy atom. The minimum Gasteiger partial charge on any atom is -0.489 e. The molecule has 2 aromatic carbocycles. The second-order valence-electron chi connectivity index (χ2n) is 4.31. The van der Waals surface area contributed by atoms with Crippen LogP contribution in [0.1, 0.15) is 21.5 Å². The van der Waals surface area contributed by atoms with E-state index in [0.29, 0.717) is 16.3 Å². The molecular weight excluding hydrogens is 283 g/mol.